The molecule has 1 saturated carbocycles. The Morgan fingerprint density at radius 3 is 2.47 bits per heavy atom. The summed E-state index contributed by atoms with van der Waals surface area (Å²) in [6, 6.07) is 2.43. The fraction of sp³-hybridized carbons (Fsp3) is 0.867. The first-order chi connectivity index (χ1) is 9.16. The first-order valence-electron chi connectivity index (χ1n) is 7.61. The van der Waals surface area contributed by atoms with Crippen LogP contribution in [0.25, 0.3) is 0 Å². The van der Waals surface area contributed by atoms with E-state index in [1.807, 2.05) is 6.92 Å². The third kappa shape index (κ3) is 3.48. The van der Waals surface area contributed by atoms with Crippen LogP contribution in [-0.2, 0) is 4.79 Å². The molecule has 2 aliphatic rings. The highest BCUT2D eigenvalue weighted by atomic mass is 16.2. The van der Waals surface area contributed by atoms with Gasteiger partial charge in [-0.2, -0.15) is 5.26 Å². The van der Waals surface area contributed by atoms with Gasteiger partial charge in [-0.05, 0) is 45.7 Å². The molecule has 1 heterocycles. The van der Waals surface area contributed by atoms with E-state index in [1.165, 1.54) is 12.8 Å². The van der Waals surface area contributed by atoms with Crippen LogP contribution in [0.2, 0.25) is 0 Å². The van der Waals surface area contributed by atoms with Crippen LogP contribution in [0.15, 0.2) is 0 Å². The van der Waals surface area contributed by atoms with Crippen molar-refractivity contribution in [3.05, 3.63) is 0 Å². The van der Waals surface area contributed by atoms with E-state index in [4.69, 9.17) is 0 Å². The van der Waals surface area contributed by atoms with Crippen LogP contribution >= 0.6 is 0 Å². The Labute approximate surface area is 116 Å². The molecule has 0 aromatic rings. The van der Waals surface area contributed by atoms with Gasteiger partial charge in [-0.25, -0.2) is 0 Å². The van der Waals surface area contributed by atoms with Crippen molar-refractivity contribution in [1.29, 1.82) is 5.26 Å². The lowest BCUT2D eigenvalue weighted by Gasteiger charge is -2.31. The number of carbonyl (C=O) groups excluding carboxylic acids is 1. The van der Waals surface area contributed by atoms with E-state index in [0.717, 1.165) is 51.7 Å². The molecule has 0 radical (unpaired) electrons. The number of nitrogens with one attached hydrogen (secondary N) is 1. The quantitative estimate of drug-likeness (QED) is 0.844. The van der Waals surface area contributed by atoms with E-state index >= 15 is 0 Å². The van der Waals surface area contributed by atoms with Crippen molar-refractivity contribution in [2.75, 3.05) is 19.6 Å². The summed E-state index contributed by atoms with van der Waals surface area (Å²) in [5, 5.41) is 12.5. The summed E-state index contributed by atoms with van der Waals surface area (Å²) in [6.07, 6.45) is 7.14. The second-order valence-electron chi connectivity index (χ2n) is 6.14. The largest absolute Gasteiger partial charge is 0.351 e. The Morgan fingerprint density at radius 1 is 1.26 bits per heavy atom. The summed E-state index contributed by atoms with van der Waals surface area (Å²) in [5.74, 6) is -0.0404. The predicted molar refractivity (Wildman–Crippen MR) is 74.4 cm³/mol. The minimum Gasteiger partial charge on any atom is -0.351 e. The van der Waals surface area contributed by atoms with Crippen molar-refractivity contribution in [3.8, 4) is 6.07 Å². The second kappa shape index (κ2) is 6.38. The third-order valence-electron chi connectivity index (χ3n) is 4.46. The summed E-state index contributed by atoms with van der Waals surface area (Å²) in [6.45, 7) is 5.24. The number of hydrogen-bond donors (Lipinski definition) is 1. The van der Waals surface area contributed by atoms with Gasteiger partial charge in [0.1, 0.15) is 5.41 Å². The molecule has 19 heavy (non-hydrogen) atoms. The number of amides is 1. The van der Waals surface area contributed by atoms with Crippen LogP contribution in [0.4, 0.5) is 0 Å². The molecule has 0 spiro atoms. The molecule has 4 nitrogen and oxygen atoms in total. The van der Waals surface area contributed by atoms with Gasteiger partial charge in [0.05, 0.1) is 6.07 Å². The predicted octanol–water partition coefficient (Wildman–Crippen LogP) is 2.06. The normalized spacial score (nSPS) is 24.6. The molecule has 1 saturated heterocycles. The average molecular weight is 263 g/mol. The molecule has 1 unspecified atom stereocenters. The van der Waals surface area contributed by atoms with Crippen LogP contribution in [0.5, 0.6) is 0 Å². The Kier molecular flexibility index (Phi) is 4.81. The zero-order valence-electron chi connectivity index (χ0n) is 12.0. The van der Waals surface area contributed by atoms with E-state index in [0.29, 0.717) is 0 Å². The van der Waals surface area contributed by atoms with Gasteiger partial charge in [-0.15, -0.1) is 0 Å². The van der Waals surface area contributed by atoms with E-state index in [9.17, 15) is 10.1 Å². The molecule has 0 bridgehead atoms. The first kappa shape index (κ1) is 14.3. The van der Waals surface area contributed by atoms with Crippen molar-refractivity contribution in [2.24, 2.45) is 5.41 Å². The van der Waals surface area contributed by atoms with Gasteiger partial charge < -0.3 is 10.2 Å². The van der Waals surface area contributed by atoms with E-state index < -0.39 is 5.41 Å². The minimum absolute atomic E-state index is 0.0404. The van der Waals surface area contributed by atoms with Gasteiger partial charge >= 0.3 is 0 Å². The molecule has 1 atom stereocenters. The molecule has 1 aliphatic carbocycles. The maximum absolute atomic E-state index is 12.4. The zero-order valence-corrected chi connectivity index (χ0v) is 12.0. The first-order valence-corrected chi connectivity index (χ1v) is 7.61. The Hall–Kier alpha value is -1.08. The lowest BCUT2D eigenvalue weighted by atomic mass is 9.74. The van der Waals surface area contributed by atoms with Crippen molar-refractivity contribution in [1.82, 2.24) is 10.2 Å². The van der Waals surface area contributed by atoms with E-state index in [2.05, 4.69) is 16.3 Å². The van der Waals surface area contributed by atoms with Gasteiger partial charge in [0.15, 0.2) is 0 Å². The fourth-order valence-corrected chi connectivity index (χ4v) is 3.31. The molecular weight excluding hydrogens is 238 g/mol. The average Bonchev–Trinajstić information content (AvgIpc) is 2.92. The smallest absolute Gasteiger partial charge is 0.240 e. The van der Waals surface area contributed by atoms with E-state index in [-0.39, 0.29) is 11.9 Å². The highest BCUT2D eigenvalue weighted by Crippen LogP contribution is 2.35. The molecular formula is C15H25N3O. The summed E-state index contributed by atoms with van der Waals surface area (Å²) in [7, 11) is 0. The van der Waals surface area contributed by atoms with Gasteiger partial charge in [-0.1, -0.05) is 19.3 Å². The van der Waals surface area contributed by atoms with Crippen LogP contribution in [-0.4, -0.2) is 36.5 Å². The molecule has 4 heteroatoms. The zero-order chi connectivity index (χ0) is 13.7. The lowest BCUT2D eigenvalue weighted by Crippen LogP contribution is -2.48. The number of likely N-dealkylation sites (tertiary alicyclic amines) is 1. The van der Waals surface area contributed by atoms with Gasteiger partial charge in [0.2, 0.25) is 5.91 Å². The van der Waals surface area contributed by atoms with Crippen LogP contribution in [0.1, 0.15) is 51.9 Å². The van der Waals surface area contributed by atoms with E-state index in [1.54, 1.807) is 0 Å². The number of nitriles is 1. The maximum atomic E-state index is 12.4. The Balaban J connectivity index is 1.86. The molecule has 2 rings (SSSR count). The van der Waals surface area contributed by atoms with Crippen molar-refractivity contribution in [3.63, 3.8) is 0 Å². The third-order valence-corrected chi connectivity index (χ3v) is 4.46. The summed E-state index contributed by atoms with van der Waals surface area (Å²) in [5.41, 5.74) is -0.752. The maximum Gasteiger partial charge on any atom is 0.240 e. The van der Waals surface area contributed by atoms with Crippen LogP contribution < -0.4 is 5.32 Å². The van der Waals surface area contributed by atoms with Crippen molar-refractivity contribution >= 4 is 5.91 Å². The molecule has 1 amide bonds. The Morgan fingerprint density at radius 2 is 1.89 bits per heavy atom. The number of nitrogens with zero attached hydrogens (tertiary/aromatic N) is 2. The fourth-order valence-electron chi connectivity index (χ4n) is 3.31. The molecule has 0 aromatic heterocycles. The monoisotopic (exact) mass is 263 g/mol. The van der Waals surface area contributed by atoms with Gasteiger partial charge in [0.25, 0.3) is 0 Å². The number of rotatable bonds is 4. The molecule has 1 aliphatic heterocycles. The minimum atomic E-state index is -0.752. The van der Waals surface area contributed by atoms with Crippen LogP contribution in [0, 0.1) is 16.7 Å². The molecule has 0 aromatic carbocycles. The number of hydrogen-bond acceptors (Lipinski definition) is 3. The lowest BCUT2D eigenvalue weighted by molar-refractivity contribution is -0.130. The molecule has 106 valence electrons. The van der Waals surface area contributed by atoms with Gasteiger partial charge in [-0.3, -0.25) is 4.79 Å². The standard InChI is InChI=1S/C15H25N3O/c1-13(11-18-9-5-6-10-18)17-14(19)15(12-16)7-3-2-4-8-15/h13H,2-11H2,1H3,(H,17,19). The summed E-state index contributed by atoms with van der Waals surface area (Å²) in [4.78, 5) is 14.8. The highest BCUT2D eigenvalue weighted by Gasteiger charge is 2.40. The number of carbonyl (C=O) groups is 1. The van der Waals surface area contributed by atoms with Gasteiger partial charge in [0, 0.05) is 12.6 Å². The SMILES string of the molecule is CC(CN1CCCC1)NC(=O)C1(C#N)CCCCC1. The molecule has 1 N–H and O–H groups in total. The summed E-state index contributed by atoms with van der Waals surface area (Å²) >= 11 is 0. The highest BCUT2D eigenvalue weighted by molar-refractivity contribution is 5.85. The Bertz CT molecular complexity index is 349. The van der Waals surface area contributed by atoms with Crippen molar-refractivity contribution < 1.29 is 4.79 Å². The van der Waals surface area contributed by atoms with Crippen LogP contribution in [0.3, 0.4) is 0 Å². The molecule has 2 fully saturated rings. The summed E-state index contributed by atoms with van der Waals surface area (Å²) < 4.78 is 0. The topological polar surface area (TPSA) is 56.1 Å². The second-order valence-corrected chi connectivity index (χ2v) is 6.14. The van der Waals surface area contributed by atoms with Crippen molar-refractivity contribution in [2.45, 2.75) is 57.9 Å².